The van der Waals surface area contributed by atoms with E-state index >= 15 is 0 Å². The maximum Gasteiger partial charge on any atom is 0.331 e. The van der Waals surface area contributed by atoms with E-state index in [1.54, 1.807) is 0 Å². The normalized spacial score (nSPS) is 29.9. The summed E-state index contributed by atoms with van der Waals surface area (Å²) in [6.07, 6.45) is 9.55. The zero-order valence-electron chi connectivity index (χ0n) is 8.44. The minimum Gasteiger partial charge on any atom is -0.454 e. The molecule has 0 radical (unpaired) electrons. The second-order valence-corrected chi connectivity index (χ2v) is 4.02. The predicted octanol–water partition coefficient (Wildman–Crippen LogP) is 2.24. The Morgan fingerprint density at radius 2 is 2.07 bits per heavy atom. The molecular formula is C12H14O2. The van der Waals surface area contributed by atoms with E-state index in [-0.39, 0.29) is 18.0 Å². The van der Waals surface area contributed by atoms with E-state index in [9.17, 15) is 4.79 Å². The Morgan fingerprint density at radius 3 is 2.79 bits per heavy atom. The van der Waals surface area contributed by atoms with Crippen molar-refractivity contribution in [1.82, 2.24) is 0 Å². The van der Waals surface area contributed by atoms with Gasteiger partial charge in [-0.15, -0.1) is 0 Å². The van der Waals surface area contributed by atoms with Crippen LogP contribution in [0.4, 0.5) is 0 Å². The van der Waals surface area contributed by atoms with Crippen molar-refractivity contribution in [2.45, 2.75) is 20.0 Å². The zero-order chi connectivity index (χ0) is 10.1. The molecule has 2 atom stereocenters. The van der Waals surface area contributed by atoms with Crippen LogP contribution >= 0.6 is 0 Å². The molecule has 2 aliphatic rings. The Labute approximate surface area is 83.9 Å². The van der Waals surface area contributed by atoms with Crippen molar-refractivity contribution in [3.05, 3.63) is 36.0 Å². The average molecular weight is 190 g/mol. The molecule has 1 heterocycles. The fraction of sp³-hybridized carbons (Fsp3) is 0.417. The molecule has 2 heteroatoms. The largest absolute Gasteiger partial charge is 0.454 e. The van der Waals surface area contributed by atoms with Crippen molar-refractivity contribution < 1.29 is 9.53 Å². The molecule has 0 bridgehead atoms. The van der Waals surface area contributed by atoms with Gasteiger partial charge in [-0.05, 0) is 17.6 Å². The van der Waals surface area contributed by atoms with Gasteiger partial charge in [0.25, 0.3) is 0 Å². The fourth-order valence-electron chi connectivity index (χ4n) is 1.74. The lowest BCUT2D eigenvalue weighted by molar-refractivity contribution is -0.143. The Balaban J connectivity index is 2.23. The van der Waals surface area contributed by atoms with Crippen LogP contribution in [0.2, 0.25) is 0 Å². The smallest absolute Gasteiger partial charge is 0.331 e. The molecule has 0 aromatic heterocycles. The third-order valence-corrected chi connectivity index (χ3v) is 2.62. The number of esters is 1. The molecule has 14 heavy (non-hydrogen) atoms. The van der Waals surface area contributed by atoms with E-state index in [0.29, 0.717) is 5.92 Å². The summed E-state index contributed by atoms with van der Waals surface area (Å²) in [5.41, 5.74) is 1.31. The number of ether oxygens (including phenoxy) is 1. The minimum absolute atomic E-state index is 0.0880. The predicted molar refractivity (Wildman–Crippen MR) is 54.6 cm³/mol. The minimum atomic E-state index is -0.239. The van der Waals surface area contributed by atoms with Crippen molar-refractivity contribution in [3.8, 4) is 0 Å². The van der Waals surface area contributed by atoms with Crippen molar-refractivity contribution in [3.63, 3.8) is 0 Å². The maximum atomic E-state index is 11.0. The molecule has 0 saturated heterocycles. The highest BCUT2D eigenvalue weighted by atomic mass is 16.5. The van der Waals surface area contributed by atoms with Crippen molar-refractivity contribution in [2.24, 2.45) is 11.8 Å². The average Bonchev–Trinajstić information content (AvgIpc) is 2.16. The van der Waals surface area contributed by atoms with Gasteiger partial charge in [-0.2, -0.15) is 0 Å². The van der Waals surface area contributed by atoms with E-state index in [4.69, 9.17) is 4.74 Å². The van der Waals surface area contributed by atoms with Crippen LogP contribution in [0.25, 0.3) is 0 Å². The van der Waals surface area contributed by atoms with E-state index in [2.05, 4.69) is 26.0 Å². The molecular weight excluding hydrogens is 176 g/mol. The molecule has 1 aliphatic carbocycles. The summed E-state index contributed by atoms with van der Waals surface area (Å²) in [5, 5.41) is 0. The number of hydrogen-bond acceptors (Lipinski definition) is 2. The molecule has 74 valence electrons. The lowest BCUT2D eigenvalue weighted by Crippen LogP contribution is -2.28. The SMILES string of the molecule is CC(C)C1=CC2C=CC(=O)OC2C=C1. The molecule has 0 amide bonds. The van der Waals surface area contributed by atoms with Gasteiger partial charge in [0.1, 0.15) is 6.10 Å². The lowest BCUT2D eigenvalue weighted by atomic mass is 9.87. The van der Waals surface area contributed by atoms with Crippen molar-refractivity contribution >= 4 is 5.97 Å². The first-order valence-corrected chi connectivity index (χ1v) is 4.95. The Kier molecular flexibility index (Phi) is 2.28. The number of carbonyl (C=O) groups is 1. The first-order chi connectivity index (χ1) is 6.66. The summed E-state index contributed by atoms with van der Waals surface area (Å²) in [7, 11) is 0. The summed E-state index contributed by atoms with van der Waals surface area (Å²) in [6.45, 7) is 4.32. The van der Waals surface area contributed by atoms with Crippen LogP contribution in [0, 0.1) is 11.8 Å². The van der Waals surface area contributed by atoms with Gasteiger partial charge in [0.15, 0.2) is 0 Å². The van der Waals surface area contributed by atoms with Gasteiger partial charge in [0.2, 0.25) is 0 Å². The van der Waals surface area contributed by atoms with Gasteiger partial charge >= 0.3 is 5.97 Å². The third kappa shape index (κ3) is 1.65. The quantitative estimate of drug-likeness (QED) is 0.593. The van der Waals surface area contributed by atoms with Crippen LogP contribution in [-0.4, -0.2) is 12.1 Å². The number of carbonyl (C=O) groups excluding carboxylic acids is 1. The molecule has 0 spiro atoms. The van der Waals surface area contributed by atoms with Crippen molar-refractivity contribution in [2.75, 3.05) is 0 Å². The Hall–Kier alpha value is -1.31. The zero-order valence-corrected chi connectivity index (χ0v) is 8.44. The van der Waals surface area contributed by atoms with Gasteiger partial charge in [0.05, 0.1) is 0 Å². The van der Waals surface area contributed by atoms with Crippen LogP contribution < -0.4 is 0 Å². The van der Waals surface area contributed by atoms with Crippen molar-refractivity contribution in [1.29, 1.82) is 0 Å². The van der Waals surface area contributed by atoms with E-state index in [1.807, 2.05) is 12.2 Å². The summed E-state index contributed by atoms with van der Waals surface area (Å²) >= 11 is 0. The molecule has 0 N–H and O–H groups in total. The Bertz CT molecular complexity index is 334. The summed E-state index contributed by atoms with van der Waals surface area (Å²) in [6, 6.07) is 0. The molecule has 0 aromatic rings. The van der Waals surface area contributed by atoms with E-state index < -0.39 is 0 Å². The summed E-state index contributed by atoms with van der Waals surface area (Å²) < 4.78 is 5.16. The highest BCUT2D eigenvalue weighted by Gasteiger charge is 2.25. The standard InChI is InChI=1S/C12H14O2/c1-8(2)9-3-5-11-10(7-9)4-6-12(13)14-11/h3-8,10-11H,1-2H3. The molecule has 0 fully saturated rings. The second kappa shape index (κ2) is 3.45. The number of fused-ring (bicyclic) bond motifs is 1. The molecule has 2 nitrogen and oxygen atoms in total. The highest BCUT2D eigenvalue weighted by molar-refractivity contribution is 5.83. The van der Waals surface area contributed by atoms with Gasteiger partial charge in [-0.3, -0.25) is 0 Å². The molecule has 0 aromatic carbocycles. The molecule has 0 saturated carbocycles. The van der Waals surface area contributed by atoms with Crippen LogP contribution in [0.5, 0.6) is 0 Å². The Morgan fingerprint density at radius 1 is 1.29 bits per heavy atom. The monoisotopic (exact) mass is 190 g/mol. The second-order valence-electron chi connectivity index (χ2n) is 4.02. The molecule has 1 aliphatic heterocycles. The van der Waals surface area contributed by atoms with Crippen LogP contribution in [0.15, 0.2) is 36.0 Å². The number of allylic oxidation sites excluding steroid dienone is 2. The fourth-order valence-corrected chi connectivity index (χ4v) is 1.74. The highest BCUT2D eigenvalue weighted by Crippen LogP contribution is 2.27. The third-order valence-electron chi connectivity index (χ3n) is 2.62. The first kappa shape index (κ1) is 9.25. The number of rotatable bonds is 1. The van der Waals surface area contributed by atoms with Gasteiger partial charge in [0, 0.05) is 12.0 Å². The van der Waals surface area contributed by atoms with Gasteiger partial charge < -0.3 is 4.74 Å². The van der Waals surface area contributed by atoms with E-state index in [0.717, 1.165) is 0 Å². The summed E-state index contributed by atoms with van der Waals surface area (Å²) in [5.74, 6) is 0.519. The van der Waals surface area contributed by atoms with Gasteiger partial charge in [-0.1, -0.05) is 32.1 Å². The topological polar surface area (TPSA) is 26.3 Å². The molecule has 2 unspecified atom stereocenters. The van der Waals surface area contributed by atoms with Crippen LogP contribution in [-0.2, 0) is 9.53 Å². The first-order valence-electron chi connectivity index (χ1n) is 4.95. The van der Waals surface area contributed by atoms with Gasteiger partial charge in [-0.25, -0.2) is 4.79 Å². The number of hydrogen-bond donors (Lipinski definition) is 0. The van der Waals surface area contributed by atoms with Crippen LogP contribution in [0.3, 0.4) is 0 Å². The summed E-state index contributed by atoms with van der Waals surface area (Å²) in [4.78, 5) is 11.0. The van der Waals surface area contributed by atoms with E-state index in [1.165, 1.54) is 11.6 Å². The van der Waals surface area contributed by atoms with Crippen LogP contribution in [0.1, 0.15) is 13.8 Å². The molecule has 2 rings (SSSR count). The maximum absolute atomic E-state index is 11.0. The lowest BCUT2D eigenvalue weighted by Gasteiger charge is -2.27.